The van der Waals surface area contributed by atoms with Gasteiger partial charge in [-0.2, -0.15) is 5.10 Å². The van der Waals surface area contributed by atoms with Crippen molar-refractivity contribution in [3.05, 3.63) is 51.5 Å². The molecule has 1 aromatic heterocycles. The molecule has 3 rings (SSSR count). The average molecular weight is 361 g/mol. The van der Waals surface area contributed by atoms with Crippen molar-refractivity contribution in [1.29, 1.82) is 0 Å². The zero-order valence-electron chi connectivity index (χ0n) is 14.6. The first-order valence-electron chi connectivity index (χ1n) is 8.40. The predicted molar refractivity (Wildman–Crippen MR) is 93.1 cm³/mol. The second-order valence-corrected chi connectivity index (χ2v) is 6.25. The molecule has 0 spiro atoms. The Balaban J connectivity index is 1.74. The summed E-state index contributed by atoms with van der Waals surface area (Å²) in [6.45, 7) is 2.70. The number of aromatic nitrogens is 2. The van der Waals surface area contributed by atoms with E-state index in [2.05, 4.69) is 10.4 Å². The highest BCUT2D eigenvalue weighted by molar-refractivity contribution is 5.87. The maximum absolute atomic E-state index is 13.0. The number of likely N-dealkylation sites (tertiary alicyclic amines) is 1. The molecule has 0 radical (unpaired) electrons. The van der Waals surface area contributed by atoms with Gasteiger partial charge in [-0.25, -0.2) is 9.07 Å². The van der Waals surface area contributed by atoms with Crippen LogP contribution in [0.3, 0.4) is 0 Å². The quantitative estimate of drug-likeness (QED) is 0.629. The van der Waals surface area contributed by atoms with Crippen LogP contribution in [0.4, 0.5) is 15.9 Å². The molecule has 2 heterocycles. The topological polar surface area (TPSA) is 93.3 Å². The van der Waals surface area contributed by atoms with Gasteiger partial charge in [0.1, 0.15) is 17.6 Å². The van der Waals surface area contributed by atoms with Crippen molar-refractivity contribution < 1.29 is 14.1 Å². The highest BCUT2D eigenvalue weighted by atomic mass is 19.1. The summed E-state index contributed by atoms with van der Waals surface area (Å²) in [7, 11) is 1.62. The van der Waals surface area contributed by atoms with Gasteiger partial charge in [-0.05, 0) is 30.5 Å². The summed E-state index contributed by atoms with van der Waals surface area (Å²) in [5.41, 5.74) is 1.13. The normalized spacial score (nSPS) is 17.0. The number of nitrogens with zero attached hydrogens (tertiary/aromatic N) is 4. The van der Waals surface area contributed by atoms with E-state index in [0.29, 0.717) is 31.6 Å². The van der Waals surface area contributed by atoms with Crippen LogP contribution in [0.25, 0.3) is 0 Å². The largest absolute Gasteiger partial charge is 0.353 e. The Bertz CT molecular complexity index is 834. The van der Waals surface area contributed by atoms with E-state index in [1.54, 1.807) is 31.0 Å². The van der Waals surface area contributed by atoms with Gasteiger partial charge in [0, 0.05) is 20.1 Å². The van der Waals surface area contributed by atoms with E-state index < -0.39 is 11.0 Å². The number of carbonyl (C=O) groups excluding carboxylic acids is 1. The molecule has 8 nitrogen and oxygen atoms in total. The molecule has 1 aromatic carbocycles. The molecule has 1 atom stereocenters. The Labute approximate surface area is 149 Å². The molecule has 1 aliphatic rings. The lowest BCUT2D eigenvalue weighted by atomic mass is 10.2. The standard InChI is InChI=1S/C17H20FN5O3/c1-3-13-15(23(25)26)16(21(2)20-13)19-14-8-9-22(17(14)24)10-11-4-6-12(18)7-5-11/h4-7,14,19H,3,8-10H2,1-2H3. The zero-order valence-corrected chi connectivity index (χ0v) is 14.6. The summed E-state index contributed by atoms with van der Waals surface area (Å²) in [6, 6.07) is 5.45. The van der Waals surface area contributed by atoms with Gasteiger partial charge in [0.2, 0.25) is 11.7 Å². The van der Waals surface area contributed by atoms with E-state index in [0.717, 1.165) is 5.56 Å². The average Bonchev–Trinajstić information content (AvgIpc) is 3.11. The zero-order chi connectivity index (χ0) is 18.8. The second-order valence-electron chi connectivity index (χ2n) is 6.25. The fourth-order valence-electron chi connectivity index (χ4n) is 3.17. The van der Waals surface area contributed by atoms with Crippen LogP contribution in [-0.2, 0) is 24.8 Å². The minimum absolute atomic E-state index is 0.0835. The van der Waals surface area contributed by atoms with Crippen LogP contribution in [0.5, 0.6) is 0 Å². The molecular formula is C17H20FN5O3. The van der Waals surface area contributed by atoms with Gasteiger partial charge in [0.15, 0.2) is 0 Å². The molecule has 1 aliphatic heterocycles. The van der Waals surface area contributed by atoms with Crippen molar-refractivity contribution in [2.75, 3.05) is 11.9 Å². The van der Waals surface area contributed by atoms with E-state index in [-0.39, 0.29) is 23.2 Å². The minimum Gasteiger partial charge on any atom is -0.353 e. The van der Waals surface area contributed by atoms with E-state index in [9.17, 15) is 19.3 Å². The number of rotatable bonds is 6. The predicted octanol–water partition coefficient (Wildman–Crippen LogP) is 2.24. The number of benzene rings is 1. The highest BCUT2D eigenvalue weighted by Gasteiger charge is 2.35. The number of nitrogens with one attached hydrogen (secondary N) is 1. The van der Waals surface area contributed by atoms with E-state index in [1.807, 2.05) is 0 Å². The Morgan fingerprint density at radius 3 is 2.69 bits per heavy atom. The third kappa shape index (κ3) is 3.37. The van der Waals surface area contributed by atoms with E-state index in [4.69, 9.17) is 0 Å². The van der Waals surface area contributed by atoms with Gasteiger partial charge in [-0.15, -0.1) is 0 Å². The SMILES string of the molecule is CCc1nn(C)c(NC2CCN(Cc3ccc(F)cc3)C2=O)c1[N+](=O)[O-]. The summed E-state index contributed by atoms with van der Waals surface area (Å²) in [5.74, 6) is -0.215. The van der Waals surface area contributed by atoms with Crippen LogP contribution in [0.15, 0.2) is 24.3 Å². The third-order valence-corrected chi connectivity index (χ3v) is 4.50. The lowest BCUT2D eigenvalue weighted by Gasteiger charge is -2.17. The molecule has 0 saturated carbocycles. The van der Waals surface area contributed by atoms with Crippen molar-refractivity contribution in [2.45, 2.75) is 32.4 Å². The van der Waals surface area contributed by atoms with Crippen LogP contribution in [0, 0.1) is 15.9 Å². The fourth-order valence-corrected chi connectivity index (χ4v) is 3.17. The Kier molecular flexibility index (Phi) is 4.88. The van der Waals surface area contributed by atoms with E-state index in [1.165, 1.54) is 16.8 Å². The van der Waals surface area contributed by atoms with Crippen LogP contribution < -0.4 is 5.32 Å². The summed E-state index contributed by atoms with van der Waals surface area (Å²) in [4.78, 5) is 25.2. The first-order chi connectivity index (χ1) is 12.4. The molecule has 1 amide bonds. The number of hydrogen-bond donors (Lipinski definition) is 1. The number of amides is 1. The summed E-state index contributed by atoms with van der Waals surface area (Å²) in [5, 5.41) is 18.5. The molecular weight excluding hydrogens is 341 g/mol. The number of aryl methyl sites for hydroxylation is 2. The van der Waals surface area contributed by atoms with Crippen molar-refractivity contribution in [3.63, 3.8) is 0 Å². The van der Waals surface area contributed by atoms with Gasteiger partial charge < -0.3 is 10.2 Å². The molecule has 1 unspecified atom stereocenters. The molecule has 26 heavy (non-hydrogen) atoms. The fraction of sp³-hybridized carbons (Fsp3) is 0.412. The Morgan fingerprint density at radius 1 is 1.38 bits per heavy atom. The van der Waals surface area contributed by atoms with Crippen LogP contribution in [-0.4, -0.2) is 38.1 Å². The summed E-state index contributed by atoms with van der Waals surface area (Å²) >= 11 is 0. The van der Waals surface area contributed by atoms with Gasteiger partial charge >= 0.3 is 5.69 Å². The number of hydrogen-bond acceptors (Lipinski definition) is 5. The van der Waals surface area contributed by atoms with Gasteiger partial charge in [-0.3, -0.25) is 14.9 Å². The van der Waals surface area contributed by atoms with Crippen molar-refractivity contribution in [3.8, 4) is 0 Å². The van der Waals surface area contributed by atoms with Crippen LogP contribution in [0.1, 0.15) is 24.6 Å². The van der Waals surface area contributed by atoms with Crippen molar-refractivity contribution in [1.82, 2.24) is 14.7 Å². The maximum atomic E-state index is 13.0. The van der Waals surface area contributed by atoms with Gasteiger partial charge in [0.05, 0.1) is 4.92 Å². The lowest BCUT2D eigenvalue weighted by molar-refractivity contribution is -0.384. The molecule has 0 bridgehead atoms. The second kappa shape index (κ2) is 7.11. The number of halogens is 1. The van der Waals surface area contributed by atoms with Crippen molar-refractivity contribution in [2.24, 2.45) is 7.05 Å². The van der Waals surface area contributed by atoms with E-state index >= 15 is 0 Å². The van der Waals surface area contributed by atoms with Crippen molar-refractivity contribution >= 4 is 17.4 Å². The number of nitro groups is 1. The van der Waals surface area contributed by atoms with Gasteiger partial charge in [0.25, 0.3) is 0 Å². The monoisotopic (exact) mass is 361 g/mol. The first kappa shape index (κ1) is 17.8. The minimum atomic E-state index is -0.547. The molecule has 1 fully saturated rings. The third-order valence-electron chi connectivity index (χ3n) is 4.50. The van der Waals surface area contributed by atoms with Crippen LogP contribution in [0.2, 0.25) is 0 Å². The first-order valence-corrected chi connectivity index (χ1v) is 8.40. The lowest BCUT2D eigenvalue weighted by Crippen LogP contribution is -2.33. The molecule has 1 N–H and O–H groups in total. The molecule has 0 aliphatic carbocycles. The van der Waals surface area contributed by atoms with Gasteiger partial charge in [-0.1, -0.05) is 19.1 Å². The molecule has 138 valence electrons. The number of carbonyl (C=O) groups is 1. The maximum Gasteiger partial charge on any atom is 0.334 e. The smallest absolute Gasteiger partial charge is 0.334 e. The highest BCUT2D eigenvalue weighted by Crippen LogP contribution is 2.30. The molecule has 2 aromatic rings. The number of anilines is 1. The summed E-state index contributed by atoms with van der Waals surface area (Å²) < 4.78 is 14.4. The molecule has 9 heteroatoms. The van der Waals surface area contributed by atoms with Crippen LogP contribution >= 0.6 is 0 Å². The Morgan fingerprint density at radius 2 is 2.08 bits per heavy atom. The molecule has 1 saturated heterocycles. The Hall–Kier alpha value is -2.97. The summed E-state index contributed by atoms with van der Waals surface area (Å²) in [6.07, 6.45) is 0.963.